The second kappa shape index (κ2) is 2.87. The molecule has 2 aliphatic carbocycles. The topological polar surface area (TPSA) is 0 Å². The predicted octanol–water partition coefficient (Wildman–Crippen LogP) is 4.02. The molecular formula is C13H22. The van der Waals surface area contributed by atoms with Crippen molar-refractivity contribution in [1.29, 1.82) is 0 Å². The number of rotatable bonds is 2. The molecule has 0 aromatic heterocycles. The Kier molecular flexibility index (Phi) is 2.05. The third-order valence-electron chi connectivity index (χ3n) is 4.67. The van der Waals surface area contributed by atoms with Crippen molar-refractivity contribution in [2.24, 2.45) is 23.2 Å². The summed E-state index contributed by atoms with van der Waals surface area (Å²) in [7, 11) is 0. The van der Waals surface area contributed by atoms with Crippen molar-refractivity contribution in [3.8, 4) is 0 Å². The van der Waals surface area contributed by atoms with Crippen molar-refractivity contribution in [2.75, 3.05) is 0 Å². The molecule has 4 atom stereocenters. The molecule has 0 N–H and O–H groups in total. The van der Waals surface area contributed by atoms with Gasteiger partial charge >= 0.3 is 0 Å². The molecule has 0 radical (unpaired) electrons. The maximum absolute atomic E-state index is 2.51. The first-order valence-corrected chi connectivity index (χ1v) is 5.85. The Labute approximate surface area is 82.4 Å². The van der Waals surface area contributed by atoms with Crippen molar-refractivity contribution in [3.05, 3.63) is 11.6 Å². The maximum Gasteiger partial charge on any atom is -0.0110 e. The van der Waals surface area contributed by atoms with E-state index < -0.39 is 0 Å². The van der Waals surface area contributed by atoms with E-state index in [1.165, 1.54) is 19.3 Å². The van der Waals surface area contributed by atoms with Crippen LogP contribution in [0.2, 0.25) is 0 Å². The van der Waals surface area contributed by atoms with Gasteiger partial charge in [-0.1, -0.05) is 45.8 Å². The molecule has 4 unspecified atom stereocenters. The molecule has 2 aliphatic rings. The molecule has 2 saturated carbocycles. The Morgan fingerprint density at radius 3 is 2.62 bits per heavy atom. The molecule has 0 saturated heterocycles. The summed E-state index contributed by atoms with van der Waals surface area (Å²) in [4.78, 5) is 0. The molecular weight excluding hydrogens is 156 g/mol. The van der Waals surface area contributed by atoms with Crippen LogP contribution in [0.5, 0.6) is 0 Å². The van der Waals surface area contributed by atoms with Crippen LogP contribution >= 0.6 is 0 Å². The minimum Gasteiger partial charge on any atom is -0.0853 e. The maximum atomic E-state index is 2.51. The minimum absolute atomic E-state index is 0.690. The zero-order chi connectivity index (χ0) is 9.64. The Balaban J connectivity index is 2.20. The summed E-state index contributed by atoms with van der Waals surface area (Å²) in [6.07, 6.45) is 6.48. The third kappa shape index (κ3) is 1.04. The van der Waals surface area contributed by atoms with E-state index in [2.05, 4.69) is 33.8 Å². The number of hydrogen-bond acceptors (Lipinski definition) is 0. The third-order valence-corrected chi connectivity index (χ3v) is 4.67. The van der Waals surface area contributed by atoms with Crippen molar-refractivity contribution in [2.45, 2.75) is 47.0 Å². The molecule has 13 heavy (non-hydrogen) atoms. The second-order valence-corrected chi connectivity index (χ2v) is 5.15. The Morgan fingerprint density at radius 1 is 1.46 bits per heavy atom. The van der Waals surface area contributed by atoms with E-state index in [-0.39, 0.29) is 0 Å². The lowest BCUT2D eigenvalue weighted by atomic mass is 9.89. The van der Waals surface area contributed by atoms with Gasteiger partial charge in [0.1, 0.15) is 0 Å². The van der Waals surface area contributed by atoms with Gasteiger partial charge < -0.3 is 0 Å². The van der Waals surface area contributed by atoms with E-state index in [1.807, 2.05) is 0 Å². The summed E-state index contributed by atoms with van der Waals surface area (Å²) in [5.41, 5.74) is 2.47. The second-order valence-electron chi connectivity index (χ2n) is 5.15. The SMILES string of the molecule is CC/C=C1/CC(C)C2(C)C(CC)C12. The molecule has 0 aliphatic heterocycles. The van der Waals surface area contributed by atoms with Crippen molar-refractivity contribution < 1.29 is 0 Å². The number of hydrogen-bond donors (Lipinski definition) is 0. The van der Waals surface area contributed by atoms with Crippen LogP contribution in [0.15, 0.2) is 11.6 Å². The van der Waals surface area contributed by atoms with Gasteiger partial charge in [-0.05, 0) is 36.0 Å². The van der Waals surface area contributed by atoms with Gasteiger partial charge in [0.25, 0.3) is 0 Å². The first kappa shape index (κ1) is 9.30. The van der Waals surface area contributed by atoms with E-state index in [4.69, 9.17) is 0 Å². The summed E-state index contributed by atoms with van der Waals surface area (Å²) < 4.78 is 0. The van der Waals surface area contributed by atoms with Gasteiger partial charge in [-0.15, -0.1) is 0 Å². The average molecular weight is 178 g/mol. The van der Waals surface area contributed by atoms with Crippen LogP contribution in [0.1, 0.15) is 47.0 Å². The Morgan fingerprint density at radius 2 is 2.15 bits per heavy atom. The standard InChI is InChI=1S/C13H22/c1-5-7-10-8-9(3)13(4)11(6-2)12(10)13/h7,9,11-12H,5-6,8H2,1-4H3/b10-7-. The fourth-order valence-electron chi connectivity index (χ4n) is 3.80. The fourth-order valence-corrected chi connectivity index (χ4v) is 3.80. The summed E-state index contributed by atoms with van der Waals surface area (Å²) in [6, 6.07) is 0. The normalized spacial score (nSPS) is 51.1. The van der Waals surface area contributed by atoms with Gasteiger partial charge in [0.2, 0.25) is 0 Å². The van der Waals surface area contributed by atoms with Crippen LogP contribution in [-0.4, -0.2) is 0 Å². The predicted molar refractivity (Wildman–Crippen MR) is 57.5 cm³/mol. The minimum atomic E-state index is 0.690. The molecule has 0 amide bonds. The molecule has 74 valence electrons. The highest BCUT2D eigenvalue weighted by Gasteiger charge is 2.67. The van der Waals surface area contributed by atoms with Crippen LogP contribution in [0.25, 0.3) is 0 Å². The van der Waals surface area contributed by atoms with Gasteiger partial charge in [-0.3, -0.25) is 0 Å². The van der Waals surface area contributed by atoms with E-state index >= 15 is 0 Å². The Bertz CT molecular complexity index is 238. The first-order valence-electron chi connectivity index (χ1n) is 5.85. The lowest BCUT2D eigenvalue weighted by molar-refractivity contribution is 0.347. The van der Waals surface area contributed by atoms with E-state index in [1.54, 1.807) is 5.57 Å². The Hall–Kier alpha value is -0.260. The zero-order valence-corrected chi connectivity index (χ0v) is 9.43. The van der Waals surface area contributed by atoms with Gasteiger partial charge in [-0.25, -0.2) is 0 Å². The molecule has 2 fully saturated rings. The molecule has 0 heterocycles. The van der Waals surface area contributed by atoms with E-state index in [0.717, 1.165) is 17.8 Å². The molecule has 0 bridgehead atoms. The fraction of sp³-hybridized carbons (Fsp3) is 0.846. The summed E-state index contributed by atoms with van der Waals surface area (Å²) in [5.74, 6) is 2.90. The zero-order valence-electron chi connectivity index (χ0n) is 9.43. The molecule has 0 aromatic carbocycles. The molecule has 0 spiro atoms. The van der Waals surface area contributed by atoms with Crippen LogP contribution in [-0.2, 0) is 0 Å². The number of allylic oxidation sites excluding steroid dienone is 2. The van der Waals surface area contributed by atoms with Gasteiger partial charge in [0, 0.05) is 0 Å². The van der Waals surface area contributed by atoms with Gasteiger partial charge in [0.15, 0.2) is 0 Å². The highest BCUT2D eigenvalue weighted by molar-refractivity contribution is 5.32. The molecule has 2 rings (SSSR count). The number of fused-ring (bicyclic) bond motifs is 1. The van der Waals surface area contributed by atoms with Gasteiger partial charge in [-0.2, -0.15) is 0 Å². The largest absolute Gasteiger partial charge is 0.0853 e. The van der Waals surface area contributed by atoms with Gasteiger partial charge in [0.05, 0.1) is 0 Å². The summed E-state index contributed by atoms with van der Waals surface area (Å²) in [6.45, 7) is 9.56. The highest BCUT2D eigenvalue weighted by Crippen LogP contribution is 2.73. The van der Waals surface area contributed by atoms with Crippen molar-refractivity contribution in [3.63, 3.8) is 0 Å². The van der Waals surface area contributed by atoms with Crippen molar-refractivity contribution in [1.82, 2.24) is 0 Å². The monoisotopic (exact) mass is 178 g/mol. The van der Waals surface area contributed by atoms with E-state index in [0.29, 0.717) is 5.41 Å². The lowest BCUT2D eigenvalue weighted by Gasteiger charge is -2.16. The first-order chi connectivity index (χ1) is 6.16. The molecule has 0 aromatic rings. The van der Waals surface area contributed by atoms with Crippen LogP contribution < -0.4 is 0 Å². The molecule has 0 nitrogen and oxygen atoms in total. The average Bonchev–Trinajstić information content (AvgIpc) is 2.63. The van der Waals surface area contributed by atoms with Crippen LogP contribution in [0.3, 0.4) is 0 Å². The molecule has 0 heteroatoms. The summed E-state index contributed by atoms with van der Waals surface area (Å²) >= 11 is 0. The quantitative estimate of drug-likeness (QED) is 0.560. The van der Waals surface area contributed by atoms with Crippen LogP contribution in [0.4, 0.5) is 0 Å². The summed E-state index contributed by atoms with van der Waals surface area (Å²) in [5, 5.41) is 0. The lowest BCUT2D eigenvalue weighted by Crippen LogP contribution is -2.08. The van der Waals surface area contributed by atoms with Crippen molar-refractivity contribution >= 4 is 0 Å². The smallest absolute Gasteiger partial charge is 0.0110 e. The van der Waals surface area contributed by atoms with Crippen LogP contribution in [0, 0.1) is 23.2 Å². The highest BCUT2D eigenvalue weighted by atomic mass is 14.7. The van der Waals surface area contributed by atoms with E-state index in [9.17, 15) is 0 Å².